The summed E-state index contributed by atoms with van der Waals surface area (Å²) in [6, 6.07) is 5.39. The molecule has 0 unspecified atom stereocenters. The number of H-pyrrole nitrogens is 1. The van der Waals surface area contributed by atoms with E-state index in [0.29, 0.717) is 0 Å². The minimum absolute atomic E-state index is 0. The van der Waals surface area contributed by atoms with E-state index in [-0.39, 0.29) is 18.8 Å². The largest absolute Gasteiger partial charge is 0.481 e. The van der Waals surface area contributed by atoms with Crippen molar-refractivity contribution in [3.63, 3.8) is 0 Å². The zero-order chi connectivity index (χ0) is 9.26. The average Bonchev–Trinajstić information content (AvgIpc) is 2.49. The van der Waals surface area contributed by atoms with E-state index in [1.807, 2.05) is 6.07 Å². The summed E-state index contributed by atoms with van der Waals surface area (Å²) in [5, 5.41) is 8.56. The van der Waals surface area contributed by atoms with Gasteiger partial charge in [-0.2, -0.15) is 0 Å². The number of aromatic nitrogens is 2. The van der Waals surface area contributed by atoms with E-state index >= 15 is 0 Å². The van der Waals surface area contributed by atoms with Gasteiger partial charge in [0.2, 0.25) is 0 Å². The van der Waals surface area contributed by atoms with Gasteiger partial charge in [0.05, 0.1) is 23.8 Å². The van der Waals surface area contributed by atoms with Crippen LogP contribution >= 0.6 is 12.4 Å². The first-order valence-electron chi connectivity index (χ1n) is 3.89. The van der Waals surface area contributed by atoms with Crippen LogP contribution in [-0.4, -0.2) is 21.0 Å². The molecular weight excluding hydrogens is 204 g/mol. The molecular formula is C9H9ClN2O2. The third-order valence-electron chi connectivity index (χ3n) is 1.84. The summed E-state index contributed by atoms with van der Waals surface area (Å²) in [5.74, 6) is -0.820. The molecule has 2 N–H and O–H groups in total. The summed E-state index contributed by atoms with van der Waals surface area (Å²) in [6.07, 6.45) is 1.64. The fraction of sp³-hybridized carbons (Fsp3) is 0.111. The fourth-order valence-corrected chi connectivity index (χ4v) is 1.27. The van der Waals surface area contributed by atoms with Gasteiger partial charge in [-0.25, -0.2) is 4.98 Å². The Morgan fingerprint density at radius 2 is 2.29 bits per heavy atom. The number of nitrogens with one attached hydrogen (secondary N) is 1. The third kappa shape index (κ3) is 2.03. The maximum atomic E-state index is 10.4. The number of carboxylic acids is 1. The quantitative estimate of drug-likeness (QED) is 0.795. The average molecular weight is 213 g/mol. The molecule has 1 aromatic carbocycles. The van der Waals surface area contributed by atoms with Crippen LogP contribution < -0.4 is 0 Å². The lowest BCUT2D eigenvalue weighted by molar-refractivity contribution is -0.136. The summed E-state index contributed by atoms with van der Waals surface area (Å²) in [6.45, 7) is 0. The third-order valence-corrected chi connectivity index (χ3v) is 1.84. The highest BCUT2D eigenvalue weighted by Gasteiger charge is 2.02. The molecule has 0 amide bonds. The smallest absolute Gasteiger partial charge is 0.307 e. The first kappa shape index (κ1) is 10.5. The molecule has 74 valence electrons. The van der Waals surface area contributed by atoms with Crippen molar-refractivity contribution in [2.75, 3.05) is 0 Å². The molecule has 0 radical (unpaired) electrons. The number of carbonyl (C=O) groups is 1. The van der Waals surface area contributed by atoms with Gasteiger partial charge in [0.1, 0.15) is 0 Å². The van der Waals surface area contributed by atoms with Crippen molar-refractivity contribution in [3.8, 4) is 0 Å². The van der Waals surface area contributed by atoms with Gasteiger partial charge in [-0.05, 0) is 17.7 Å². The van der Waals surface area contributed by atoms with Gasteiger partial charge in [-0.3, -0.25) is 4.79 Å². The molecule has 0 saturated heterocycles. The predicted molar refractivity (Wildman–Crippen MR) is 54.7 cm³/mol. The van der Waals surface area contributed by atoms with Crippen LogP contribution in [0.1, 0.15) is 5.56 Å². The summed E-state index contributed by atoms with van der Waals surface area (Å²) in [4.78, 5) is 17.4. The number of hydrogen-bond acceptors (Lipinski definition) is 2. The molecule has 1 aromatic heterocycles. The Labute approximate surface area is 86.4 Å². The molecule has 2 rings (SSSR count). The number of halogens is 1. The Kier molecular flexibility index (Phi) is 3.09. The van der Waals surface area contributed by atoms with Gasteiger partial charge >= 0.3 is 5.97 Å². The number of nitrogens with zero attached hydrogens (tertiary/aromatic N) is 1. The van der Waals surface area contributed by atoms with Crippen LogP contribution in [0.3, 0.4) is 0 Å². The van der Waals surface area contributed by atoms with Gasteiger partial charge in [-0.15, -0.1) is 12.4 Å². The molecule has 1 heterocycles. The van der Waals surface area contributed by atoms with Crippen LogP contribution in [0.4, 0.5) is 0 Å². The summed E-state index contributed by atoms with van der Waals surface area (Å²) >= 11 is 0. The Balaban J connectivity index is 0.000000980. The number of rotatable bonds is 2. The molecule has 0 aliphatic rings. The van der Waals surface area contributed by atoms with Gasteiger partial charge in [0.25, 0.3) is 0 Å². The molecule has 5 heteroatoms. The molecule has 2 aromatic rings. The van der Waals surface area contributed by atoms with Gasteiger partial charge in [0, 0.05) is 0 Å². The number of aromatic amines is 1. The van der Waals surface area contributed by atoms with Crippen LogP contribution in [0.15, 0.2) is 24.5 Å². The Morgan fingerprint density at radius 1 is 1.50 bits per heavy atom. The highest BCUT2D eigenvalue weighted by Crippen LogP contribution is 2.11. The van der Waals surface area contributed by atoms with Crippen molar-refractivity contribution in [3.05, 3.63) is 30.1 Å². The van der Waals surface area contributed by atoms with Crippen molar-refractivity contribution in [1.29, 1.82) is 0 Å². The summed E-state index contributed by atoms with van der Waals surface area (Å²) in [7, 11) is 0. The zero-order valence-corrected chi connectivity index (χ0v) is 8.04. The van der Waals surface area contributed by atoms with Crippen molar-refractivity contribution in [2.45, 2.75) is 6.42 Å². The van der Waals surface area contributed by atoms with Crippen LogP contribution in [0.2, 0.25) is 0 Å². The number of benzene rings is 1. The van der Waals surface area contributed by atoms with Crippen LogP contribution in [-0.2, 0) is 11.2 Å². The molecule has 0 fully saturated rings. The SMILES string of the molecule is Cl.O=C(O)Cc1ccc2nc[nH]c2c1. The predicted octanol–water partition coefficient (Wildman–Crippen LogP) is 1.61. The minimum atomic E-state index is -0.820. The Hall–Kier alpha value is -1.55. The number of fused-ring (bicyclic) bond motifs is 1. The van der Waals surface area contributed by atoms with E-state index in [1.54, 1.807) is 18.5 Å². The van der Waals surface area contributed by atoms with Crippen molar-refractivity contribution in [1.82, 2.24) is 9.97 Å². The van der Waals surface area contributed by atoms with Crippen LogP contribution in [0, 0.1) is 0 Å². The lowest BCUT2D eigenvalue weighted by Crippen LogP contribution is -1.99. The molecule has 0 bridgehead atoms. The zero-order valence-electron chi connectivity index (χ0n) is 7.23. The minimum Gasteiger partial charge on any atom is -0.481 e. The first-order chi connectivity index (χ1) is 6.25. The van der Waals surface area contributed by atoms with Gasteiger partial charge < -0.3 is 10.1 Å². The standard InChI is InChI=1S/C9H8N2O2.ClH/c12-9(13)4-6-1-2-7-8(3-6)11-5-10-7;/h1-3,5H,4H2,(H,10,11)(H,12,13);1H. The lowest BCUT2D eigenvalue weighted by atomic mass is 10.1. The van der Waals surface area contributed by atoms with Crippen LogP contribution in [0.25, 0.3) is 11.0 Å². The van der Waals surface area contributed by atoms with E-state index in [2.05, 4.69) is 9.97 Å². The molecule has 0 saturated carbocycles. The van der Waals surface area contributed by atoms with Crippen molar-refractivity contribution >= 4 is 29.4 Å². The highest BCUT2D eigenvalue weighted by molar-refractivity contribution is 5.85. The van der Waals surface area contributed by atoms with Crippen molar-refractivity contribution < 1.29 is 9.90 Å². The highest BCUT2D eigenvalue weighted by atomic mass is 35.5. The number of imidazole rings is 1. The van der Waals surface area contributed by atoms with Gasteiger partial charge in [-0.1, -0.05) is 6.07 Å². The van der Waals surface area contributed by atoms with E-state index < -0.39 is 5.97 Å². The topological polar surface area (TPSA) is 66.0 Å². The van der Waals surface area contributed by atoms with E-state index in [4.69, 9.17) is 5.11 Å². The molecule has 0 aliphatic carbocycles. The lowest BCUT2D eigenvalue weighted by Gasteiger charge is -1.95. The monoisotopic (exact) mass is 212 g/mol. The van der Waals surface area contributed by atoms with E-state index in [1.165, 1.54) is 0 Å². The maximum absolute atomic E-state index is 10.4. The molecule has 0 spiro atoms. The fourth-order valence-electron chi connectivity index (χ4n) is 1.27. The molecule has 0 aliphatic heterocycles. The Bertz CT molecular complexity index is 453. The Morgan fingerprint density at radius 3 is 3.00 bits per heavy atom. The number of aliphatic carboxylic acids is 1. The molecule has 4 nitrogen and oxygen atoms in total. The van der Waals surface area contributed by atoms with Crippen LogP contribution in [0.5, 0.6) is 0 Å². The normalized spacial score (nSPS) is 9.71. The second-order valence-corrected chi connectivity index (χ2v) is 2.82. The van der Waals surface area contributed by atoms with E-state index in [0.717, 1.165) is 16.6 Å². The second kappa shape index (κ2) is 4.11. The first-order valence-corrected chi connectivity index (χ1v) is 3.89. The second-order valence-electron chi connectivity index (χ2n) is 2.82. The van der Waals surface area contributed by atoms with Gasteiger partial charge in [0.15, 0.2) is 0 Å². The number of hydrogen-bond donors (Lipinski definition) is 2. The molecule has 14 heavy (non-hydrogen) atoms. The van der Waals surface area contributed by atoms with E-state index in [9.17, 15) is 4.79 Å². The number of carboxylic acid groups (broad SMARTS) is 1. The van der Waals surface area contributed by atoms with Crippen molar-refractivity contribution in [2.24, 2.45) is 0 Å². The summed E-state index contributed by atoms with van der Waals surface area (Å²) in [5.41, 5.74) is 2.51. The summed E-state index contributed by atoms with van der Waals surface area (Å²) < 4.78 is 0. The molecule has 0 atom stereocenters. The maximum Gasteiger partial charge on any atom is 0.307 e.